The summed E-state index contributed by atoms with van der Waals surface area (Å²) in [4.78, 5) is 47.0. The molecule has 2 aromatic heterocycles. The van der Waals surface area contributed by atoms with E-state index < -0.39 is 41.5 Å². The Morgan fingerprint density at radius 2 is 2.06 bits per heavy atom. The molecule has 3 rings (SSSR count). The highest BCUT2D eigenvalue weighted by Crippen LogP contribution is 2.44. The zero-order chi connectivity index (χ0) is 25.3. The first-order valence-electron chi connectivity index (χ1n) is 11.0. The van der Waals surface area contributed by atoms with Crippen molar-refractivity contribution in [1.29, 1.82) is 0 Å². The van der Waals surface area contributed by atoms with Gasteiger partial charge in [-0.15, -0.1) is 0 Å². The number of rotatable bonds is 9. The number of carbonyl (C=O) groups excluding carboxylic acids is 2. The lowest BCUT2D eigenvalue weighted by molar-refractivity contribution is -0.324. The lowest BCUT2D eigenvalue weighted by Gasteiger charge is -2.27. The first-order valence-corrected chi connectivity index (χ1v) is 11.0. The normalized spacial score (nSPS) is 24.9. The molecule has 1 fully saturated rings. The van der Waals surface area contributed by atoms with Crippen LogP contribution >= 0.6 is 0 Å². The summed E-state index contributed by atoms with van der Waals surface area (Å²) in [6.07, 6.45) is -1.87. The fourth-order valence-corrected chi connectivity index (χ4v) is 3.40. The SMILES string of the molecule is CCC(=O)OC[C@H]1O[C@@H](n2cnc3c(NC)nc(N)nc32)[C@](C)(F)[C@@H]1OOC(=O)C(C)(C)CC. The fraction of sp³-hybridized carbons (Fsp3) is 0.667. The molecule has 0 saturated carbocycles. The van der Waals surface area contributed by atoms with Crippen LogP contribution in [-0.2, 0) is 28.8 Å². The summed E-state index contributed by atoms with van der Waals surface area (Å²) in [5.74, 6) is -0.848. The predicted molar refractivity (Wildman–Crippen MR) is 119 cm³/mol. The molecule has 1 aliphatic rings. The van der Waals surface area contributed by atoms with Crippen molar-refractivity contribution < 1.29 is 33.2 Å². The molecular formula is C21H31FN6O6. The van der Waals surface area contributed by atoms with E-state index in [1.54, 1.807) is 27.8 Å². The molecule has 0 radical (unpaired) electrons. The van der Waals surface area contributed by atoms with Crippen LogP contribution in [0.25, 0.3) is 11.2 Å². The molecular weight excluding hydrogens is 451 g/mol. The molecule has 0 aromatic carbocycles. The maximum absolute atomic E-state index is 16.3. The number of ether oxygens (including phenoxy) is 2. The van der Waals surface area contributed by atoms with Gasteiger partial charge in [0.05, 0.1) is 11.7 Å². The van der Waals surface area contributed by atoms with E-state index >= 15 is 4.39 Å². The number of imidazole rings is 1. The topological polar surface area (TPSA) is 153 Å². The Labute approximate surface area is 196 Å². The summed E-state index contributed by atoms with van der Waals surface area (Å²) < 4.78 is 28.7. The Morgan fingerprint density at radius 1 is 1.35 bits per heavy atom. The second kappa shape index (κ2) is 9.66. The van der Waals surface area contributed by atoms with Crippen molar-refractivity contribution in [3.8, 4) is 0 Å². The van der Waals surface area contributed by atoms with Crippen molar-refractivity contribution in [2.75, 3.05) is 24.7 Å². The second-order valence-electron chi connectivity index (χ2n) is 8.84. The van der Waals surface area contributed by atoms with E-state index in [-0.39, 0.29) is 24.6 Å². The Kier molecular flexibility index (Phi) is 7.26. The number of nitrogen functional groups attached to an aromatic ring is 1. The standard InChI is InChI=1S/C21H31FN6O6/c1-7-12(29)31-9-11-14(33-34-18(30)20(3,4)8-2)21(5,22)17(32-11)28-10-25-13-15(24-6)26-19(23)27-16(13)28/h10-11,14,17H,7-9H2,1-6H3,(H3,23,24,26,27)/t11-,14-,17-,21-/m1/s1. The number of fused-ring (bicyclic) bond motifs is 1. The molecule has 0 bridgehead atoms. The third kappa shape index (κ3) is 4.75. The van der Waals surface area contributed by atoms with Crippen molar-refractivity contribution in [2.45, 2.75) is 71.6 Å². The number of nitrogens with one attached hydrogen (secondary N) is 1. The Hall–Kier alpha value is -3.06. The van der Waals surface area contributed by atoms with Crippen LogP contribution in [-0.4, -0.2) is 63.0 Å². The Morgan fingerprint density at radius 3 is 2.68 bits per heavy atom. The van der Waals surface area contributed by atoms with Gasteiger partial charge in [0.25, 0.3) is 0 Å². The molecule has 1 saturated heterocycles. The molecule has 2 aromatic rings. The van der Waals surface area contributed by atoms with Gasteiger partial charge in [-0.3, -0.25) is 14.2 Å². The minimum atomic E-state index is -2.26. The van der Waals surface area contributed by atoms with E-state index in [2.05, 4.69) is 20.3 Å². The first-order chi connectivity index (χ1) is 16.0. The lowest BCUT2D eigenvalue weighted by Crippen LogP contribution is -2.44. The number of carbonyl (C=O) groups is 2. The van der Waals surface area contributed by atoms with Crippen molar-refractivity contribution in [3.05, 3.63) is 6.33 Å². The second-order valence-corrected chi connectivity index (χ2v) is 8.84. The Balaban J connectivity index is 1.95. The fourth-order valence-electron chi connectivity index (χ4n) is 3.40. The largest absolute Gasteiger partial charge is 0.463 e. The number of esters is 1. The molecule has 3 heterocycles. The summed E-state index contributed by atoms with van der Waals surface area (Å²) >= 11 is 0. The van der Waals surface area contributed by atoms with Crippen molar-refractivity contribution in [2.24, 2.45) is 5.41 Å². The van der Waals surface area contributed by atoms with Crippen molar-refractivity contribution >= 4 is 34.9 Å². The van der Waals surface area contributed by atoms with Gasteiger partial charge in [-0.1, -0.05) is 13.8 Å². The van der Waals surface area contributed by atoms with Crippen LogP contribution < -0.4 is 11.1 Å². The monoisotopic (exact) mass is 482 g/mol. The molecule has 0 spiro atoms. The molecule has 3 N–H and O–H groups in total. The van der Waals surface area contributed by atoms with Gasteiger partial charge in [0.2, 0.25) is 5.95 Å². The highest BCUT2D eigenvalue weighted by Gasteiger charge is 2.59. The molecule has 0 unspecified atom stereocenters. The average molecular weight is 483 g/mol. The zero-order valence-electron chi connectivity index (χ0n) is 20.1. The van der Waals surface area contributed by atoms with Crippen LogP contribution in [0.2, 0.25) is 0 Å². The van der Waals surface area contributed by atoms with Crippen molar-refractivity contribution in [3.63, 3.8) is 0 Å². The predicted octanol–water partition coefficient (Wildman–Crippen LogP) is 2.31. The lowest BCUT2D eigenvalue weighted by atomic mass is 9.91. The number of hydrogen-bond acceptors (Lipinski definition) is 11. The average Bonchev–Trinajstić information content (AvgIpc) is 3.32. The van der Waals surface area contributed by atoms with Crippen molar-refractivity contribution in [1.82, 2.24) is 19.5 Å². The maximum Gasteiger partial charge on any atom is 0.347 e. The maximum atomic E-state index is 16.3. The number of anilines is 2. The summed E-state index contributed by atoms with van der Waals surface area (Å²) in [6, 6.07) is 0. The van der Waals surface area contributed by atoms with E-state index in [4.69, 9.17) is 25.0 Å². The molecule has 4 atom stereocenters. The van der Waals surface area contributed by atoms with E-state index in [1.165, 1.54) is 17.8 Å². The van der Waals surface area contributed by atoms with Gasteiger partial charge in [-0.25, -0.2) is 14.2 Å². The summed E-state index contributed by atoms with van der Waals surface area (Å²) in [5, 5.41) is 2.86. The van der Waals surface area contributed by atoms with E-state index in [9.17, 15) is 9.59 Å². The molecule has 188 valence electrons. The summed E-state index contributed by atoms with van der Waals surface area (Å²) in [5.41, 5.74) is 3.28. The molecule has 12 nitrogen and oxygen atoms in total. The van der Waals surface area contributed by atoms with E-state index in [0.717, 1.165) is 0 Å². The zero-order valence-corrected chi connectivity index (χ0v) is 20.1. The van der Waals surface area contributed by atoms with Gasteiger partial charge < -0.3 is 20.5 Å². The summed E-state index contributed by atoms with van der Waals surface area (Å²) in [7, 11) is 1.64. The van der Waals surface area contributed by atoms with Gasteiger partial charge >= 0.3 is 11.9 Å². The number of halogens is 1. The molecule has 34 heavy (non-hydrogen) atoms. The van der Waals surface area contributed by atoms with Crippen LogP contribution in [0.15, 0.2) is 6.33 Å². The molecule has 13 heteroatoms. The van der Waals surface area contributed by atoms with Gasteiger partial charge in [-0.05, 0) is 27.2 Å². The molecule has 0 aliphatic carbocycles. The van der Waals surface area contributed by atoms with Crippen LogP contribution in [0.5, 0.6) is 0 Å². The molecule has 1 aliphatic heterocycles. The number of aromatic nitrogens is 4. The van der Waals surface area contributed by atoms with Gasteiger partial charge in [0.15, 0.2) is 35.0 Å². The van der Waals surface area contributed by atoms with Crippen LogP contribution in [0.4, 0.5) is 16.2 Å². The van der Waals surface area contributed by atoms with Gasteiger partial charge in [0, 0.05) is 13.5 Å². The minimum Gasteiger partial charge on any atom is -0.463 e. The Bertz CT molecular complexity index is 1060. The van der Waals surface area contributed by atoms with E-state index in [1.807, 2.05) is 6.92 Å². The highest BCUT2D eigenvalue weighted by atomic mass is 19.1. The van der Waals surface area contributed by atoms with E-state index in [0.29, 0.717) is 17.8 Å². The number of alkyl halides is 1. The highest BCUT2D eigenvalue weighted by molar-refractivity contribution is 5.84. The third-order valence-electron chi connectivity index (χ3n) is 5.97. The third-order valence-corrected chi connectivity index (χ3v) is 5.97. The minimum absolute atomic E-state index is 0.0471. The number of nitrogens with zero attached hydrogens (tertiary/aromatic N) is 4. The first kappa shape index (κ1) is 25.6. The summed E-state index contributed by atoms with van der Waals surface area (Å²) in [6.45, 7) is 7.74. The molecule has 0 amide bonds. The van der Waals surface area contributed by atoms with Crippen LogP contribution in [0.1, 0.15) is 53.7 Å². The smallest absolute Gasteiger partial charge is 0.347 e. The van der Waals surface area contributed by atoms with Gasteiger partial charge in [0.1, 0.15) is 12.7 Å². The van der Waals surface area contributed by atoms with Gasteiger partial charge in [-0.2, -0.15) is 14.9 Å². The van der Waals surface area contributed by atoms with Crippen LogP contribution in [0.3, 0.4) is 0 Å². The van der Waals surface area contributed by atoms with Crippen LogP contribution in [0, 0.1) is 5.41 Å². The quantitative estimate of drug-likeness (QED) is 0.307. The number of nitrogens with two attached hydrogens (primary N) is 1. The number of hydrogen-bond donors (Lipinski definition) is 2.